The maximum Gasteiger partial charge on any atom is 0.271 e. The van der Waals surface area contributed by atoms with Crippen molar-refractivity contribution >= 4 is 23.2 Å². The highest BCUT2D eigenvalue weighted by Gasteiger charge is 2.22. The SMILES string of the molecule is COc1cccc(Nc2nc(NC3CCCCC3N)cnc2C(N)=O)c1. The Bertz CT molecular complexity index is 782. The molecule has 2 atom stereocenters. The topological polar surface area (TPSA) is 128 Å². The van der Waals surface area contributed by atoms with Crippen LogP contribution in [0.1, 0.15) is 36.2 Å². The monoisotopic (exact) mass is 356 g/mol. The van der Waals surface area contributed by atoms with Crippen LogP contribution in [0.5, 0.6) is 5.75 Å². The molecule has 0 saturated heterocycles. The van der Waals surface area contributed by atoms with Crippen molar-refractivity contribution in [1.82, 2.24) is 9.97 Å². The third-order valence-electron chi connectivity index (χ3n) is 4.49. The molecular weight excluding hydrogens is 332 g/mol. The van der Waals surface area contributed by atoms with Crippen LogP contribution in [0.2, 0.25) is 0 Å². The third-order valence-corrected chi connectivity index (χ3v) is 4.49. The van der Waals surface area contributed by atoms with Crippen LogP contribution in [-0.4, -0.2) is 35.1 Å². The Morgan fingerprint density at radius 2 is 2.12 bits per heavy atom. The lowest BCUT2D eigenvalue weighted by molar-refractivity contribution is 0.0996. The zero-order valence-electron chi connectivity index (χ0n) is 14.7. The Hall–Kier alpha value is -2.87. The van der Waals surface area contributed by atoms with Crippen LogP contribution in [0, 0.1) is 0 Å². The summed E-state index contributed by atoms with van der Waals surface area (Å²) >= 11 is 0. The molecule has 1 aliphatic rings. The molecule has 0 bridgehead atoms. The maximum absolute atomic E-state index is 11.7. The van der Waals surface area contributed by atoms with Gasteiger partial charge in [-0.1, -0.05) is 18.9 Å². The van der Waals surface area contributed by atoms with Crippen LogP contribution in [0.25, 0.3) is 0 Å². The normalized spacial score (nSPS) is 19.6. The highest BCUT2D eigenvalue weighted by atomic mass is 16.5. The number of nitrogens with one attached hydrogen (secondary N) is 2. The Morgan fingerprint density at radius 3 is 2.85 bits per heavy atom. The Labute approximate surface area is 152 Å². The molecule has 1 aromatic carbocycles. The molecule has 1 amide bonds. The molecule has 26 heavy (non-hydrogen) atoms. The summed E-state index contributed by atoms with van der Waals surface area (Å²) in [7, 11) is 1.59. The van der Waals surface area contributed by atoms with Gasteiger partial charge in [0.15, 0.2) is 11.5 Å². The van der Waals surface area contributed by atoms with Crippen LogP contribution in [-0.2, 0) is 0 Å². The quantitative estimate of drug-likeness (QED) is 0.623. The minimum absolute atomic E-state index is 0.0753. The van der Waals surface area contributed by atoms with E-state index in [1.165, 1.54) is 6.20 Å². The summed E-state index contributed by atoms with van der Waals surface area (Å²) in [4.78, 5) is 20.4. The maximum atomic E-state index is 11.7. The van der Waals surface area contributed by atoms with Gasteiger partial charge in [0.25, 0.3) is 5.91 Å². The van der Waals surface area contributed by atoms with Gasteiger partial charge in [0.05, 0.1) is 13.3 Å². The summed E-state index contributed by atoms with van der Waals surface area (Å²) in [6, 6.07) is 7.52. The van der Waals surface area contributed by atoms with Crippen molar-refractivity contribution in [2.24, 2.45) is 11.5 Å². The van der Waals surface area contributed by atoms with E-state index >= 15 is 0 Å². The molecule has 0 spiro atoms. The van der Waals surface area contributed by atoms with Crippen LogP contribution >= 0.6 is 0 Å². The highest BCUT2D eigenvalue weighted by Crippen LogP contribution is 2.24. The number of primary amides is 1. The second-order valence-corrected chi connectivity index (χ2v) is 6.37. The standard InChI is InChI=1S/C18H24N6O2/c1-26-12-6-4-5-11(9-12)22-18-16(17(20)25)21-10-15(24-18)23-14-8-3-2-7-13(14)19/h4-6,9-10,13-14H,2-3,7-8,19H2,1H3,(H2,20,25)(H2,22,23,24). The van der Waals surface area contributed by atoms with Crippen molar-refractivity contribution < 1.29 is 9.53 Å². The number of anilines is 3. The van der Waals surface area contributed by atoms with Gasteiger partial charge in [0, 0.05) is 23.8 Å². The number of nitrogens with two attached hydrogens (primary N) is 2. The predicted molar refractivity (Wildman–Crippen MR) is 101 cm³/mol. The second kappa shape index (κ2) is 8.01. The molecule has 6 N–H and O–H groups in total. The fourth-order valence-corrected chi connectivity index (χ4v) is 3.09. The fraction of sp³-hybridized carbons (Fsp3) is 0.389. The molecule has 138 valence electrons. The summed E-state index contributed by atoms with van der Waals surface area (Å²) in [5.41, 5.74) is 12.4. The zero-order valence-corrected chi connectivity index (χ0v) is 14.7. The first-order valence-electron chi connectivity index (χ1n) is 8.67. The number of aromatic nitrogens is 2. The number of benzene rings is 1. The predicted octanol–water partition coefficient (Wildman–Crippen LogP) is 2.01. The lowest BCUT2D eigenvalue weighted by atomic mass is 9.91. The van der Waals surface area contributed by atoms with E-state index in [2.05, 4.69) is 20.6 Å². The number of ether oxygens (including phenoxy) is 1. The largest absolute Gasteiger partial charge is 0.497 e. The molecule has 1 aromatic heterocycles. The summed E-state index contributed by atoms with van der Waals surface area (Å²) in [5, 5.41) is 6.42. The summed E-state index contributed by atoms with van der Waals surface area (Å²) in [5.74, 6) is 0.887. The van der Waals surface area contributed by atoms with Crippen LogP contribution in [0.3, 0.4) is 0 Å². The number of methoxy groups -OCH3 is 1. The smallest absolute Gasteiger partial charge is 0.271 e. The molecule has 1 heterocycles. The third kappa shape index (κ3) is 4.20. The van der Waals surface area contributed by atoms with Crippen molar-refractivity contribution in [3.05, 3.63) is 36.2 Å². The van der Waals surface area contributed by atoms with Gasteiger partial charge in [0.1, 0.15) is 11.6 Å². The highest BCUT2D eigenvalue weighted by molar-refractivity contribution is 5.96. The molecule has 2 aromatic rings. The number of hydrogen-bond donors (Lipinski definition) is 4. The van der Waals surface area contributed by atoms with Gasteiger partial charge in [-0.3, -0.25) is 4.79 Å². The molecule has 3 rings (SSSR count). The van der Waals surface area contributed by atoms with Crippen molar-refractivity contribution in [3.63, 3.8) is 0 Å². The Morgan fingerprint density at radius 1 is 1.31 bits per heavy atom. The van der Waals surface area contributed by atoms with Gasteiger partial charge in [-0.2, -0.15) is 0 Å². The number of rotatable bonds is 6. The van der Waals surface area contributed by atoms with E-state index in [1.807, 2.05) is 18.2 Å². The molecule has 8 heteroatoms. The minimum atomic E-state index is -0.649. The molecule has 1 aliphatic carbocycles. The molecule has 1 fully saturated rings. The van der Waals surface area contributed by atoms with E-state index in [9.17, 15) is 4.79 Å². The van der Waals surface area contributed by atoms with E-state index < -0.39 is 5.91 Å². The summed E-state index contributed by atoms with van der Waals surface area (Å²) < 4.78 is 5.21. The van der Waals surface area contributed by atoms with Crippen molar-refractivity contribution in [2.45, 2.75) is 37.8 Å². The lowest BCUT2D eigenvalue weighted by Crippen LogP contribution is -2.42. The first kappa shape index (κ1) is 17.9. The zero-order chi connectivity index (χ0) is 18.5. The van der Waals surface area contributed by atoms with Gasteiger partial charge in [-0.15, -0.1) is 0 Å². The van der Waals surface area contributed by atoms with Gasteiger partial charge in [-0.05, 0) is 25.0 Å². The molecule has 2 unspecified atom stereocenters. The minimum Gasteiger partial charge on any atom is -0.497 e. The molecule has 0 radical (unpaired) electrons. The first-order valence-corrected chi connectivity index (χ1v) is 8.67. The average molecular weight is 356 g/mol. The molecule has 8 nitrogen and oxygen atoms in total. The number of hydrogen-bond acceptors (Lipinski definition) is 7. The number of nitrogens with zero attached hydrogens (tertiary/aromatic N) is 2. The number of carbonyl (C=O) groups excluding carboxylic acids is 1. The number of carbonyl (C=O) groups is 1. The second-order valence-electron chi connectivity index (χ2n) is 6.37. The van der Waals surface area contributed by atoms with E-state index in [0.29, 0.717) is 23.1 Å². The van der Waals surface area contributed by atoms with Gasteiger partial charge >= 0.3 is 0 Å². The van der Waals surface area contributed by atoms with E-state index in [-0.39, 0.29) is 17.8 Å². The Kier molecular flexibility index (Phi) is 5.52. The molecular formula is C18H24N6O2. The van der Waals surface area contributed by atoms with Crippen LogP contribution in [0.4, 0.5) is 17.3 Å². The Balaban J connectivity index is 1.85. The van der Waals surface area contributed by atoms with E-state index in [0.717, 1.165) is 25.7 Å². The van der Waals surface area contributed by atoms with E-state index in [4.69, 9.17) is 16.2 Å². The van der Waals surface area contributed by atoms with Crippen molar-refractivity contribution in [3.8, 4) is 5.75 Å². The summed E-state index contributed by atoms with van der Waals surface area (Å²) in [6.45, 7) is 0. The van der Waals surface area contributed by atoms with Gasteiger partial charge in [0.2, 0.25) is 0 Å². The van der Waals surface area contributed by atoms with Gasteiger partial charge in [-0.25, -0.2) is 9.97 Å². The summed E-state index contributed by atoms with van der Waals surface area (Å²) in [6.07, 6.45) is 5.76. The number of amides is 1. The van der Waals surface area contributed by atoms with Gasteiger partial charge < -0.3 is 26.8 Å². The molecule has 0 aliphatic heterocycles. The fourth-order valence-electron chi connectivity index (χ4n) is 3.09. The van der Waals surface area contributed by atoms with E-state index in [1.54, 1.807) is 13.2 Å². The van der Waals surface area contributed by atoms with Crippen molar-refractivity contribution in [1.29, 1.82) is 0 Å². The van der Waals surface area contributed by atoms with Crippen molar-refractivity contribution in [2.75, 3.05) is 17.7 Å². The average Bonchev–Trinajstić information content (AvgIpc) is 2.64. The van der Waals surface area contributed by atoms with Crippen LogP contribution < -0.4 is 26.8 Å². The first-order chi connectivity index (χ1) is 12.6. The molecule has 1 saturated carbocycles. The lowest BCUT2D eigenvalue weighted by Gasteiger charge is -2.29. The van der Waals surface area contributed by atoms with Crippen LogP contribution in [0.15, 0.2) is 30.5 Å².